The highest BCUT2D eigenvalue weighted by Crippen LogP contribution is 2.33. The number of hydrogen-bond donors (Lipinski definition) is 2. The van der Waals surface area contributed by atoms with E-state index < -0.39 is 0 Å². The van der Waals surface area contributed by atoms with E-state index in [2.05, 4.69) is 43.3 Å². The summed E-state index contributed by atoms with van der Waals surface area (Å²) >= 11 is 0. The molecule has 0 aromatic heterocycles. The van der Waals surface area contributed by atoms with Gasteiger partial charge in [-0.2, -0.15) is 0 Å². The van der Waals surface area contributed by atoms with E-state index in [0.717, 1.165) is 25.0 Å². The lowest BCUT2D eigenvalue weighted by molar-refractivity contribution is -0.0835. The molecule has 1 heterocycles. The van der Waals surface area contributed by atoms with Crippen LogP contribution in [0.1, 0.15) is 66.2 Å². The number of aliphatic imine (C=N–C) groups is 1. The first-order chi connectivity index (χ1) is 10.9. The number of ether oxygens (including phenoxy) is 1. The number of nitrogens with one attached hydrogen (secondary N) is 2. The molecule has 1 saturated carbocycles. The van der Waals surface area contributed by atoms with E-state index in [0.29, 0.717) is 18.1 Å². The van der Waals surface area contributed by atoms with E-state index in [1.54, 1.807) is 0 Å². The van der Waals surface area contributed by atoms with Crippen molar-refractivity contribution in [2.75, 3.05) is 20.2 Å². The third kappa shape index (κ3) is 5.66. The average Bonchev–Trinajstić information content (AvgIpc) is 2.51. The molecule has 2 aliphatic rings. The lowest BCUT2D eigenvalue weighted by Crippen LogP contribution is -2.49. The largest absolute Gasteiger partial charge is 0.377 e. The molecular weight excluding hydrogens is 286 g/mol. The van der Waals surface area contributed by atoms with Crippen LogP contribution in [0.2, 0.25) is 0 Å². The summed E-state index contributed by atoms with van der Waals surface area (Å²) in [6, 6.07) is 0.575. The number of hydrogen-bond acceptors (Lipinski definition) is 2. The van der Waals surface area contributed by atoms with Gasteiger partial charge in [-0.1, -0.05) is 40.5 Å². The summed E-state index contributed by atoms with van der Waals surface area (Å²) in [7, 11) is 1.88. The fourth-order valence-electron chi connectivity index (χ4n) is 4.19. The Hall–Kier alpha value is -0.770. The number of nitrogens with zero attached hydrogens (tertiary/aromatic N) is 1. The number of rotatable bonds is 3. The summed E-state index contributed by atoms with van der Waals surface area (Å²) in [5, 5.41) is 7.19. The van der Waals surface area contributed by atoms with Crippen molar-refractivity contribution in [1.29, 1.82) is 0 Å². The maximum Gasteiger partial charge on any atom is 0.191 e. The van der Waals surface area contributed by atoms with Gasteiger partial charge in [0, 0.05) is 32.2 Å². The van der Waals surface area contributed by atoms with E-state index >= 15 is 0 Å². The summed E-state index contributed by atoms with van der Waals surface area (Å²) in [5.74, 6) is 2.35. The molecule has 0 aromatic rings. The Morgan fingerprint density at radius 1 is 1.17 bits per heavy atom. The van der Waals surface area contributed by atoms with Gasteiger partial charge >= 0.3 is 0 Å². The Labute approximate surface area is 142 Å². The minimum atomic E-state index is 0.197. The predicted molar refractivity (Wildman–Crippen MR) is 97.8 cm³/mol. The van der Waals surface area contributed by atoms with Gasteiger partial charge in [0.15, 0.2) is 5.96 Å². The smallest absolute Gasteiger partial charge is 0.191 e. The zero-order valence-electron chi connectivity index (χ0n) is 15.8. The molecule has 0 bridgehead atoms. The Bertz CT molecular complexity index is 389. The van der Waals surface area contributed by atoms with E-state index in [4.69, 9.17) is 4.74 Å². The second-order valence-corrected chi connectivity index (χ2v) is 8.63. The van der Waals surface area contributed by atoms with E-state index in [9.17, 15) is 0 Å². The predicted octanol–water partition coefficient (Wildman–Crippen LogP) is 3.57. The zero-order chi connectivity index (χ0) is 16.9. The molecule has 1 saturated heterocycles. The lowest BCUT2D eigenvalue weighted by atomic mass is 9.78. The van der Waals surface area contributed by atoms with Gasteiger partial charge in [0.2, 0.25) is 0 Å². The zero-order valence-corrected chi connectivity index (χ0v) is 15.8. The van der Waals surface area contributed by atoms with E-state index in [1.807, 2.05) is 7.05 Å². The molecule has 1 aliphatic carbocycles. The van der Waals surface area contributed by atoms with Crippen LogP contribution in [0.25, 0.3) is 0 Å². The molecule has 0 radical (unpaired) electrons. The minimum Gasteiger partial charge on any atom is -0.377 e. The van der Waals surface area contributed by atoms with Crippen LogP contribution in [0.15, 0.2) is 4.99 Å². The fourth-order valence-corrected chi connectivity index (χ4v) is 4.19. The van der Waals surface area contributed by atoms with Crippen molar-refractivity contribution in [3.8, 4) is 0 Å². The molecule has 4 nitrogen and oxygen atoms in total. The van der Waals surface area contributed by atoms with Gasteiger partial charge in [-0.25, -0.2) is 0 Å². The molecule has 23 heavy (non-hydrogen) atoms. The van der Waals surface area contributed by atoms with Crippen molar-refractivity contribution >= 4 is 5.96 Å². The summed E-state index contributed by atoms with van der Waals surface area (Å²) in [6.07, 6.45) is 7.98. The first-order valence-electron chi connectivity index (χ1n) is 9.49. The van der Waals surface area contributed by atoms with Crippen LogP contribution < -0.4 is 10.6 Å². The van der Waals surface area contributed by atoms with Crippen molar-refractivity contribution in [2.45, 2.75) is 78.4 Å². The third-order valence-electron chi connectivity index (χ3n) is 5.33. The number of guanidine groups is 1. The average molecular weight is 324 g/mol. The second-order valence-electron chi connectivity index (χ2n) is 8.63. The summed E-state index contributed by atoms with van der Waals surface area (Å²) < 4.78 is 6.08. The van der Waals surface area contributed by atoms with Crippen molar-refractivity contribution in [3.05, 3.63) is 0 Å². The molecule has 4 unspecified atom stereocenters. The highest BCUT2D eigenvalue weighted by atomic mass is 16.5. The molecule has 0 aromatic carbocycles. The third-order valence-corrected chi connectivity index (χ3v) is 5.33. The highest BCUT2D eigenvalue weighted by Gasteiger charge is 2.35. The maximum atomic E-state index is 6.08. The fraction of sp³-hybridized carbons (Fsp3) is 0.947. The quantitative estimate of drug-likeness (QED) is 0.616. The monoisotopic (exact) mass is 323 g/mol. The first-order valence-corrected chi connectivity index (χ1v) is 9.49. The lowest BCUT2D eigenvalue weighted by Gasteiger charge is -2.40. The molecule has 4 atom stereocenters. The van der Waals surface area contributed by atoms with Gasteiger partial charge in [-0.05, 0) is 37.0 Å². The molecule has 2 N–H and O–H groups in total. The van der Waals surface area contributed by atoms with Crippen molar-refractivity contribution < 1.29 is 4.74 Å². The van der Waals surface area contributed by atoms with Gasteiger partial charge in [0.25, 0.3) is 0 Å². The Kier molecular flexibility index (Phi) is 6.75. The summed E-state index contributed by atoms with van der Waals surface area (Å²) in [6.45, 7) is 11.1. The first kappa shape index (κ1) is 18.6. The molecule has 0 spiro atoms. The SMILES string of the molecule is CN=C(NCC1CCCOC1C(C)(C)C)NC1CCCC(C)C1. The standard InChI is InChI=1S/C19H37N3O/c1-14-8-6-10-16(12-14)22-18(20-5)21-13-15-9-7-11-23-17(15)19(2,3)4/h14-17H,6-13H2,1-5H3,(H2,20,21,22). The van der Waals surface area contributed by atoms with Crippen LogP contribution in [0.5, 0.6) is 0 Å². The second kappa shape index (κ2) is 8.36. The van der Waals surface area contributed by atoms with E-state index in [1.165, 1.54) is 38.5 Å². The Morgan fingerprint density at radius 2 is 1.96 bits per heavy atom. The van der Waals surface area contributed by atoms with Gasteiger partial charge < -0.3 is 15.4 Å². The molecule has 4 heteroatoms. The molecule has 134 valence electrons. The van der Waals surface area contributed by atoms with Crippen LogP contribution >= 0.6 is 0 Å². The van der Waals surface area contributed by atoms with Crippen LogP contribution in [-0.4, -0.2) is 38.3 Å². The minimum absolute atomic E-state index is 0.197. The van der Waals surface area contributed by atoms with Crippen LogP contribution in [-0.2, 0) is 4.74 Å². The molecule has 2 rings (SSSR count). The van der Waals surface area contributed by atoms with Gasteiger partial charge in [-0.3, -0.25) is 4.99 Å². The van der Waals surface area contributed by atoms with Crippen LogP contribution in [0.3, 0.4) is 0 Å². The normalized spacial score (nSPS) is 33.3. The van der Waals surface area contributed by atoms with Gasteiger partial charge in [-0.15, -0.1) is 0 Å². The van der Waals surface area contributed by atoms with Crippen molar-refractivity contribution in [3.63, 3.8) is 0 Å². The topological polar surface area (TPSA) is 45.7 Å². The summed E-state index contributed by atoms with van der Waals surface area (Å²) in [4.78, 5) is 4.43. The Morgan fingerprint density at radius 3 is 2.61 bits per heavy atom. The molecular formula is C19H37N3O. The van der Waals surface area contributed by atoms with Gasteiger partial charge in [0.05, 0.1) is 6.10 Å². The van der Waals surface area contributed by atoms with Crippen LogP contribution in [0, 0.1) is 17.3 Å². The Balaban J connectivity index is 1.84. The van der Waals surface area contributed by atoms with Gasteiger partial charge in [0.1, 0.15) is 0 Å². The summed E-state index contributed by atoms with van der Waals surface area (Å²) in [5.41, 5.74) is 0.197. The van der Waals surface area contributed by atoms with Crippen LogP contribution in [0.4, 0.5) is 0 Å². The molecule has 1 aliphatic heterocycles. The molecule has 2 fully saturated rings. The highest BCUT2D eigenvalue weighted by molar-refractivity contribution is 5.79. The maximum absolute atomic E-state index is 6.08. The van der Waals surface area contributed by atoms with E-state index in [-0.39, 0.29) is 5.41 Å². The van der Waals surface area contributed by atoms with Crippen molar-refractivity contribution in [1.82, 2.24) is 10.6 Å². The van der Waals surface area contributed by atoms with Crippen molar-refractivity contribution in [2.24, 2.45) is 22.2 Å². The molecule has 0 amide bonds.